The lowest BCUT2D eigenvalue weighted by Gasteiger charge is -2.15. The van der Waals surface area contributed by atoms with Crippen molar-refractivity contribution in [1.29, 1.82) is 0 Å². The number of sulfone groups is 2. The molecule has 4 aromatic carbocycles. The third kappa shape index (κ3) is 10.1. The van der Waals surface area contributed by atoms with Gasteiger partial charge >= 0.3 is 11.9 Å². The van der Waals surface area contributed by atoms with E-state index in [4.69, 9.17) is 35.9 Å². The summed E-state index contributed by atoms with van der Waals surface area (Å²) in [6.07, 6.45) is 0. The summed E-state index contributed by atoms with van der Waals surface area (Å²) in [5, 5.41) is 0. The zero-order chi connectivity index (χ0) is 40.0. The molecule has 15 nitrogen and oxygen atoms in total. The number of aryl methyl sites for hydroxylation is 2. The molecule has 0 aliphatic heterocycles. The quantitative estimate of drug-likeness (QED) is 0.102. The van der Waals surface area contributed by atoms with Crippen LogP contribution in [0.4, 0.5) is 0 Å². The van der Waals surface area contributed by atoms with E-state index in [1.807, 2.05) is 13.8 Å². The van der Waals surface area contributed by atoms with Crippen LogP contribution in [0.25, 0.3) is 11.0 Å². The van der Waals surface area contributed by atoms with Gasteiger partial charge in [-0.2, -0.15) is 0 Å². The van der Waals surface area contributed by atoms with Gasteiger partial charge in [0.2, 0.25) is 0 Å². The van der Waals surface area contributed by atoms with Crippen LogP contribution in [-0.2, 0) is 48.8 Å². The average Bonchev–Trinajstić information content (AvgIpc) is 3.49. The third-order valence-electron chi connectivity index (χ3n) is 7.98. The summed E-state index contributed by atoms with van der Waals surface area (Å²) < 4.78 is 106. The highest BCUT2D eigenvalue weighted by atomic mass is 32.2. The van der Waals surface area contributed by atoms with Crippen molar-refractivity contribution in [1.82, 2.24) is 8.96 Å². The molecule has 0 fully saturated rings. The number of aromatic amines is 1. The minimum Gasteiger partial charge on any atom is -0.497 e. The van der Waals surface area contributed by atoms with Gasteiger partial charge in [-0.3, -0.25) is 0 Å². The van der Waals surface area contributed by atoms with Crippen molar-refractivity contribution in [2.45, 2.75) is 28.5 Å². The number of aromatic nitrogens is 2. The van der Waals surface area contributed by atoms with Gasteiger partial charge in [0.15, 0.2) is 49.2 Å². The smallest absolute Gasteiger partial charge is 0.344 e. The number of fused-ring (bicyclic) bond motifs is 1. The topological polar surface area (TPSA) is 203 Å². The Morgan fingerprint density at radius 3 is 1.65 bits per heavy atom. The second kappa shape index (κ2) is 17.1. The maximum absolute atomic E-state index is 13.9. The molecule has 1 N–H and O–H groups in total. The summed E-state index contributed by atoms with van der Waals surface area (Å²) in [5.41, 5.74) is 2.33. The SMILES string of the molecule is COc1ccc2c(c1)[nH]c(=S)n2S(=O)(=O)c1ccc(OCC(=O)OCCS(=O)(=O)c2ccc(C)cc2)c(OCC(=O)OCCS(=O)(=O)c2ccc(C)cc2)c1. The minimum absolute atomic E-state index is 0.0612. The number of imidazole rings is 1. The van der Waals surface area contributed by atoms with Crippen molar-refractivity contribution in [3.05, 3.63) is 101 Å². The van der Waals surface area contributed by atoms with E-state index in [0.717, 1.165) is 27.2 Å². The molecular formula is C36H36N2O13S4. The van der Waals surface area contributed by atoms with E-state index in [-0.39, 0.29) is 36.5 Å². The number of carbonyl (C=O) groups is 2. The van der Waals surface area contributed by atoms with E-state index in [9.17, 15) is 34.8 Å². The summed E-state index contributed by atoms with van der Waals surface area (Å²) >= 11 is 5.33. The molecule has 19 heteroatoms. The summed E-state index contributed by atoms with van der Waals surface area (Å²) in [6, 6.07) is 20.4. The molecular weight excluding hydrogens is 797 g/mol. The molecule has 55 heavy (non-hydrogen) atoms. The van der Waals surface area contributed by atoms with Gasteiger partial charge in [0.05, 0.1) is 44.3 Å². The molecule has 0 aliphatic carbocycles. The molecule has 1 aromatic heterocycles. The zero-order valence-corrected chi connectivity index (χ0v) is 33.0. The maximum atomic E-state index is 13.9. The Bertz CT molecular complexity index is 2600. The lowest BCUT2D eigenvalue weighted by molar-refractivity contribution is -0.146. The van der Waals surface area contributed by atoms with E-state index >= 15 is 0 Å². The Hall–Kier alpha value is -5.24. The zero-order valence-electron chi connectivity index (χ0n) is 29.7. The molecule has 0 unspecified atom stereocenters. The second-order valence-electron chi connectivity index (χ2n) is 12.0. The van der Waals surface area contributed by atoms with E-state index < -0.39 is 79.6 Å². The first kappa shape index (κ1) is 40.9. The number of carbonyl (C=O) groups excluding carboxylic acids is 2. The molecule has 0 atom stereocenters. The largest absolute Gasteiger partial charge is 0.497 e. The van der Waals surface area contributed by atoms with Crippen LogP contribution in [0.1, 0.15) is 11.1 Å². The predicted octanol–water partition coefficient (Wildman–Crippen LogP) is 4.35. The number of nitrogens with one attached hydrogen (secondary N) is 1. The van der Waals surface area contributed by atoms with Gasteiger partial charge in [-0.1, -0.05) is 35.4 Å². The van der Waals surface area contributed by atoms with Crippen LogP contribution in [-0.4, -0.2) is 91.2 Å². The first-order valence-corrected chi connectivity index (χ1v) is 21.5. The standard InChI is InChI=1S/C36H36N2O13S4/c1-24-4-9-27(10-5-24)53(41,42)18-16-48-34(39)22-50-32-15-13-29(55(45,46)38-31-14-8-26(47-3)20-30(31)37-36(38)52)21-33(32)51-23-35(40)49-17-19-54(43,44)28-11-6-25(2)7-12-28/h4-15,20-21H,16-19,22-23H2,1-3H3,(H,37,52). The van der Waals surface area contributed by atoms with Crippen molar-refractivity contribution < 1.29 is 58.5 Å². The highest BCUT2D eigenvalue weighted by Gasteiger charge is 2.25. The van der Waals surface area contributed by atoms with Crippen molar-refractivity contribution in [2.75, 3.05) is 45.0 Å². The van der Waals surface area contributed by atoms with E-state index in [2.05, 4.69) is 4.98 Å². The Kier molecular flexibility index (Phi) is 12.7. The monoisotopic (exact) mass is 832 g/mol. The molecule has 0 bridgehead atoms. The van der Waals surface area contributed by atoms with Crippen LogP contribution in [0.15, 0.2) is 99.6 Å². The molecule has 5 rings (SSSR count). The maximum Gasteiger partial charge on any atom is 0.344 e. The number of hydrogen-bond donors (Lipinski definition) is 1. The highest BCUT2D eigenvalue weighted by Crippen LogP contribution is 2.33. The Morgan fingerprint density at radius 2 is 1.15 bits per heavy atom. The van der Waals surface area contributed by atoms with Gasteiger partial charge in [0, 0.05) is 12.1 Å². The molecule has 0 amide bonds. The number of esters is 2. The van der Waals surface area contributed by atoms with Gasteiger partial charge in [-0.05, 0) is 74.6 Å². The van der Waals surface area contributed by atoms with Crippen LogP contribution >= 0.6 is 12.2 Å². The van der Waals surface area contributed by atoms with Gasteiger partial charge in [0.25, 0.3) is 10.0 Å². The van der Waals surface area contributed by atoms with Crippen molar-refractivity contribution in [3.63, 3.8) is 0 Å². The molecule has 5 aromatic rings. The van der Waals surface area contributed by atoms with Gasteiger partial charge in [-0.25, -0.2) is 38.8 Å². The fraction of sp³-hybridized carbons (Fsp3) is 0.250. The Labute approximate surface area is 322 Å². The summed E-state index contributed by atoms with van der Waals surface area (Å²) in [6.45, 7) is 1.10. The fourth-order valence-corrected chi connectivity index (χ4v) is 9.10. The lowest BCUT2D eigenvalue weighted by atomic mass is 10.2. The number of benzene rings is 4. The third-order valence-corrected chi connectivity index (χ3v) is 13.5. The molecule has 0 saturated carbocycles. The number of ether oxygens (including phenoxy) is 5. The second-order valence-corrected chi connectivity index (χ2v) is 18.4. The molecule has 0 saturated heterocycles. The van der Waals surface area contributed by atoms with E-state index in [1.165, 1.54) is 43.5 Å². The number of hydrogen-bond acceptors (Lipinski definition) is 14. The van der Waals surface area contributed by atoms with Crippen LogP contribution in [0.5, 0.6) is 17.2 Å². The molecule has 0 aliphatic rings. The van der Waals surface area contributed by atoms with Gasteiger partial charge < -0.3 is 28.7 Å². The van der Waals surface area contributed by atoms with Crippen molar-refractivity contribution in [2.24, 2.45) is 0 Å². The highest BCUT2D eigenvalue weighted by molar-refractivity contribution is 7.91. The van der Waals surface area contributed by atoms with Crippen molar-refractivity contribution in [3.8, 4) is 17.2 Å². The molecule has 0 radical (unpaired) electrons. The summed E-state index contributed by atoms with van der Waals surface area (Å²) in [5.74, 6) is -2.97. The summed E-state index contributed by atoms with van der Waals surface area (Å²) in [7, 11) is -10.5. The minimum atomic E-state index is -4.42. The van der Waals surface area contributed by atoms with E-state index in [0.29, 0.717) is 11.3 Å². The average molecular weight is 833 g/mol. The van der Waals surface area contributed by atoms with Gasteiger partial charge in [0.1, 0.15) is 19.0 Å². The van der Waals surface area contributed by atoms with Gasteiger partial charge in [-0.15, -0.1) is 0 Å². The number of rotatable bonds is 17. The predicted molar refractivity (Wildman–Crippen MR) is 202 cm³/mol. The van der Waals surface area contributed by atoms with Crippen LogP contribution < -0.4 is 14.2 Å². The normalized spacial score (nSPS) is 11.9. The van der Waals surface area contributed by atoms with Crippen molar-refractivity contribution >= 4 is 64.9 Å². The Balaban J connectivity index is 1.30. The molecule has 292 valence electrons. The number of methoxy groups -OCH3 is 1. The summed E-state index contributed by atoms with van der Waals surface area (Å²) in [4.78, 5) is 27.8. The fourth-order valence-electron chi connectivity index (χ4n) is 5.03. The first-order valence-electron chi connectivity index (χ1n) is 16.3. The van der Waals surface area contributed by atoms with Crippen LogP contribution in [0.3, 0.4) is 0 Å². The van der Waals surface area contributed by atoms with Crippen LogP contribution in [0.2, 0.25) is 0 Å². The molecule has 0 spiro atoms. The molecule has 1 heterocycles. The lowest BCUT2D eigenvalue weighted by Crippen LogP contribution is -2.21. The first-order chi connectivity index (χ1) is 26.0. The number of H-pyrrole nitrogens is 1. The number of nitrogens with zero attached hydrogens (tertiary/aromatic N) is 1. The van der Waals surface area contributed by atoms with Crippen LogP contribution in [0, 0.1) is 18.6 Å². The Morgan fingerprint density at radius 1 is 0.655 bits per heavy atom. The van der Waals surface area contributed by atoms with E-state index in [1.54, 1.807) is 36.4 Å².